The summed E-state index contributed by atoms with van der Waals surface area (Å²) >= 11 is 6.36. The molecule has 0 aliphatic heterocycles. The van der Waals surface area contributed by atoms with E-state index in [0.29, 0.717) is 4.47 Å². The average molecular weight is 347 g/mol. The molecule has 0 aliphatic rings. The second-order valence-corrected chi connectivity index (χ2v) is 4.32. The number of rotatable bonds is 1. The lowest BCUT2D eigenvalue weighted by Gasteiger charge is -1.96. The van der Waals surface area contributed by atoms with Crippen LogP contribution in [0.4, 0.5) is 4.39 Å². The molecule has 0 spiro atoms. The summed E-state index contributed by atoms with van der Waals surface area (Å²) in [4.78, 5) is 3.78. The van der Waals surface area contributed by atoms with Crippen molar-refractivity contribution in [1.29, 1.82) is 0 Å². The standard InChI is InChI=1S/C7H5Br2F.C5H5N/c8-4-5-1-2-7(10)6(9)3-5;1-2-4-6-5-3-1/h1-3H,4H2;1-5H. The van der Waals surface area contributed by atoms with Crippen molar-refractivity contribution >= 4 is 31.9 Å². The molecule has 1 nitrogen and oxygen atoms in total. The fraction of sp³-hybridized carbons (Fsp3) is 0.0833. The Kier molecular flexibility index (Phi) is 6.26. The molecule has 0 aliphatic carbocycles. The third-order valence-corrected chi connectivity index (χ3v) is 2.96. The van der Waals surface area contributed by atoms with E-state index in [9.17, 15) is 4.39 Å². The molecule has 0 radical (unpaired) electrons. The van der Waals surface area contributed by atoms with Crippen molar-refractivity contribution in [2.75, 3.05) is 0 Å². The summed E-state index contributed by atoms with van der Waals surface area (Å²) in [7, 11) is 0. The Morgan fingerprint density at radius 1 is 1.12 bits per heavy atom. The Morgan fingerprint density at radius 3 is 2.19 bits per heavy atom. The molecule has 1 aromatic carbocycles. The van der Waals surface area contributed by atoms with Crippen LogP contribution in [0.3, 0.4) is 0 Å². The molecule has 2 aromatic rings. The summed E-state index contributed by atoms with van der Waals surface area (Å²) in [6, 6.07) is 10.7. The van der Waals surface area contributed by atoms with Crippen LogP contribution in [0.25, 0.3) is 0 Å². The van der Waals surface area contributed by atoms with Crippen molar-refractivity contribution in [3.63, 3.8) is 0 Å². The maximum atomic E-state index is 12.6. The van der Waals surface area contributed by atoms with Crippen molar-refractivity contribution in [3.8, 4) is 0 Å². The molecule has 0 saturated carbocycles. The van der Waals surface area contributed by atoms with Crippen molar-refractivity contribution in [2.24, 2.45) is 0 Å². The molecule has 0 saturated heterocycles. The third kappa shape index (κ3) is 4.86. The van der Waals surface area contributed by atoms with Gasteiger partial charge < -0.3 is 0 Å². The van der Waals surface area contributed by atoms with E-state index in [0.717, 1.165) is 10.9 Å². The van der Waals surface area contributed by atoms with Crippen molar-refractivity contribution < 1.29 is 4.39 Å². The van der Waals surface area contributed by atoms with Gasteiger partial charge in [0.15, 0.2) is 0 Å². The SMILES string of the molecule is Fc1ccc(CBr)cc1Br.c1ccncc1. The van der Waals surface area contributed by atoms with Gasteiger partial charge in [-0.15, -0.1) is 0 Å². The third-order valence-electron chi connectivity index (χ3n) is 1.70. The van der Waals surface area contributed by atoms with Gasteiger partial charge in [0.2, 0.25) is 0 Å². The zero-order chi connectivity index (χ0) is 11.8. The minimum absolute atomic E-state index is 0.218. The van der Waals surface area contributed by atoms with Gasteiger partial charge in [0.1, 0.15) is 5.82 Å². The highest BCUT2D eigenvalue weighted by molar-refractivity contribution is 9.10. The van der Waals surface area contributed by atoms with Crippen molar-refractivity contribution in [2.45, 2.75) is 5.33 Å². The van der Waals surface area contributed by atoms with Gasteiger partial charge >= 0.3 is 0 Å². The van der Waals surface area contributed by atoms with Gasteiger partial charge in [0.25, 0.3) is 0 Å². The molecule has 0 unspecified atom stereocenters. The smallest absolute Gasteiger partial charge is 0.137 e. The molecule has 0 N–H and O–H groups in total. The first-order valence-corrected chi connectivity index (χ1v) is 6.50. The molecule has 2 rings (SSSR count). The normalized spacial score (nSPS) is 9.19. The predicted molar refractivity (Wildman–Crippen MR) is 71.0 cm³/mol. The van der Waals surface area contributed by atoms with Gasteiger partial charge in [-0.25, -0.2) is 4.39 Å². The Bertz CT molecular complexity index is 394. The molecular formula is C12H10Br2FN. The van der Waals surface area contributed by atoms with Gasteiger partial charge in [0, 0.05) is 17.7 Å². The minimum Gasteiger partial charge on any atom is -0.265 e. The number of halogens is 3. The summed E-state index contributed by atoms with van der Waals surface area (Å²) in [6.07, 6.45) is 3.50. The highest BCUT2D eigenvalue weighted by Gasteiger charge is 1.97. The van der Waals surface area contributed by atoms with E-state index < -0.39 is 0 Å². The molecule has 1 aromatic heterocycles. The van der Waals surface area contributed by atoms with Gasteiger partial charge in [0.05, 0.1) is 4.47 Å². The average Bonchev–Trinajstić information content (AvgIpc) is 2.36. The van der Waals surface area contributed by atoms with Crippen LogP contribution in [0.2, 0.25) is 0 Å². The summed E-state index contributed by atoms with van der Waals surface area (Å²) in [6.45, 7) is 0. The fourth-order valence-corrected chi connectivity index (χ4v) is 1.71. The van der Waals surface area contributed by atoms with Crippen LogP contribution in [0.5, 0.6) is 0 Å². The Labute approximate surface area is 111 Å². The lowest BCUT2D eigenvalue weighted by Crippen LogP contribution is -1.80. The molecule has 0 atom stereocenters. The van der Waals surface area contributed by atoms with Crippen LogP contribution in [-0.4, -0.2) is 4.98 Å². The summed E-state index contributed by atoms with van der Waals surface area (Å²) in [5, 5.41) is 0.756. The molecule has 16 heavy (non-hydrogen) atoms. The number of alkyl halides is 1. The largest absolute Gasteiger partial charge is 0.265 e. The first-order chi connectivity index (χ1) is 7.74. The van der Waals surface area contributed by atoms with Gasteiger partial charge in [-0.2, -0.15) is 0 Å². The molecule has 1 heterocycles. The first kappa shape index (κ1) is 13.3. The van der Waals surface area contributed by atoms with Crippen molar-refractivity contribution in [3.05, 3.63) is 64.6 Å². The van der Waals surface area contributed by atoms with Crippen LogP contribution in [-0.2, 0) is 5.33 Å². The van der Waals surface area contributed by atoms with E-state index in [1.54, 1.807) is 24.5 Å². The number of hydrogen-bond donors (Lipinski definition) is 0. The van der Waals surface area contributed by atoms with E-state index >= 15 is 0 Å². The quantitative estimate of drug-likeness (QED) is 0.689. The van der Waals surface area contributed by atoms with Crippen LogP contribution < -0.4 is 0 Å². The molecule has 4 heteroatoms. The first-order valence-electron chi connectivity index (χ1n) is 4.59. The van der Waals surface area contributed by atoms with E-state index in [4.69, 9.17) is 0 Å². The molecular weight excluding hydrogens is 337 g/mol. The van der Waals surface area contributed by atoms with E-state index in [-0.39, 0.29) is 5.82 Å². The monoisotopic (exact) mass is 345 g/mol. The van der Waals surface area contributed by atoms with Gasteiger partial charge in [-0.1, -0.05) is 28.1 Å². The maximum absolute atomic E-state index is 12.6. The molecule has 0 bridgehead atoms. The predicted octanol–water partition coefficient (Wildman–Crippen LogP) is 4.56. The Balaban J connectivity index is 0.000000181. The zero-order valence-electron chi connectivity index (χ0n) is 8.41. The molecule has 0 fully saturated rings. The van der Waals surface area contributed by atoms with E-state index in [1.165, 1.54) is 6.07 Å². The summed E-state index contributed by atoms with van der Waals surface area (Å²) in [5.41, 5.74) is 1.06. The lowest BCUT2D eigenvalue weighted by atomic mass is 10.2. The van der Waals surface area contributed by atoms with Gasteiger partial charge in [-0.3, -0.25) is 4.98 Å². The highest BCUT2D eigenvalue weighted by Crippen LogP contribution is 2.17. The van der Waals surface area contributed by atoms with Crippen LogP contribution in [0.15, 0.2) is 53.3 Å². The molecule has 84 valence electrons. The lowest BCUT2D eigenvalue weighted by molar-refractivity contribution is 0.620. The number of nitrogens with zero attached hydrogens (tertiary/aromatic N) is 1. The minimum atomic E-state index is -0.218. The topological polar surface area (TPSA) is 12.9 Å². The maximum Gasteiger partial charge on any atom is 0.137 e. The number of aromatic nitrogens is 1. The van der Waals surface area contributed by atoms with E-state index in [1.807, 2.05) is 18.2 Å². The number of pyridine rings is 1. The van der Waals surface area contributed by atoms with Crippen LogP contribution >= 0.6 is 31.9 Å². The Hall–Kier alpha value is -0.740. The second-order valence-electron chi connectivity index (χ2n) is 2.91. The second kappa shape index (κ2) is 7.52. The van der Waals surface area contributed by atoms with E-state index in [2.05, 4.69) is 36.8 Å². The highest BCUT2D eigenvalue weighted by atomic mass is 79.9. The molecule has 0 amide bonds. The zero-order valence-corrected chi connectivity index (χ0v) is 11.6. The number of benzene rings is 1. The summed E-state index contributed by atoms with van der Waals surface area (Å²) < 4.78 is 13.1. The Morgan fingerprint density at radius 2 is 1.81 bits per heavy atom. The fourth-order valence-electron chi connectivity index (χ4n) is 0.935. The van der Waals surface area contributed by atoms with Gasteiger partial charge in [-0.05, 0) is 45.8 Å². The number of hydrogen-bond acceptors (Lipinski definition) is 1. The van der Waals surface area contributed by atoms with Crippen molar-refractivity contribution in [1.82, 2.24) is 4.98 Å². The summed E-state index contributed by atoms with van der Waals surface area (Å²) in [5.74, 6) is -0.218. The van der Waals surface area contributed by atoms with Crippen LogP contribution in [0, 0.1) is 5.82 Å². The van der Waals surface area contributed by atoms with Crippen LogP contribution in [0.1, 0.15) is 5.56 Å².